The van der Waals surface area contributed by atoms with Crippen LogP contribution in [0.4, 0.5) is 0 Å². The molecule has 0 fully saturated rings. The van der Waals surface area contributed by atoms with Crippen molar-refractivity contribution in [2.45, 2.75) is 27.7 Å². The molecule has 0 unspecified atom stereocenters. The van der Waals surface area contributed by atoms with Crippen molar-refractivity contribution in [3.05, 3.63) is 156 Å². The zero-order valence-corrected chi connectivity index (χ0v) is 23.7. The van der Waals surface area contributed by atoms with Gasteiger partial charge in [-0.3, -0.25) is 0 Å². The zero-order valence-electron chi connectivity index (χ0n) is 23.7. The molecule has 0 atom stereocenters. The van der Waals surface area contributed by atoms with E-state index < -0.39 is 0 Å². The van der Waals surface area contributed by atoms with Crippen LogP contribution in [0.2, 0.25) is 0 Å². The fourth-order valence-electron chi connectivity index (χ4n) is 5.54. The number of hydrogen-bond donors (Lipinski definition) is 0. The van der Waals surface area contributed by atoms with Crippen LogP contribution in [0, 0.1) is 27.7 Å². The van der Waals surface area contributed by atoms with E-state index in [1.54, 1.807) is 0 Å². The molecule has 0 aliphatic carbocycles. The zero-order chi connectivity index (χ0) is 27.6. The van der Waals surface area contributed by atoms with Gasteiger partial charge in [-0.05, 0) is 89.4 Å². The Balaban J connectivity index is 1.83. The number of rotatable bonds is 5. The molecule has 0 nitrogen and oxygen atoms in total. The molecule has 194 valence electrons. The molecule has 0 heteroatoms. The van der Waals surface area contributed by atoms with Gasteiger partial charge < -0.3 is 0 Å². The Kier molecular flexibility index (Phi) is 6.93. The Morgan fingerprint density at radius 1 is 0.275 bits per heavy atom. The molecule has 6 rings (SSSR count). The molecule has 0 radical (unpaired) electrons. The Hall–Kier alpha value is -4.68. The van der Waals surface area contributed by atoms with Gasteiger partial charge in [0.15, 0.2) is 0 Å². The van der Waals surface area contributed by atoms with Gasteiger partial charge >= 0.3 is 0 Å². The van der Waals surface area contributed by atoms with E-state index in [9.17, 15) is 0 Å². The van der Waals surface area contributed by atoms with E-state index in [-0.39, 0.29) is 0 Å². The molecule has 6 aromatic carbocycles. The van der Waals surface area contributed by atoms with Crippen molar-refractivity contribution in [3.8, 4) is 55.6 Å². The van der Waals surface area contributed by atoms with Crippen molar-refractivity contribution in [2.24, 2.45) is 0 Å². The summed E-state index contributed by atoms with van der Waals surface area (Å²) in [6.07, 6.45) is 0. The summed E-state index contributed by atoms with van der Waals surface area (Å²) in [4.78, 5) is 0. The summed E-state index contributed by atoms with van der Waals surface area (Å²) in [5.74, 6) is 0. The van der Waals surface area contributed by atoms with E-state index in [1.807, 2.05) is 0 Å². The molecule has 0 aliphatic rings. The van der Waals surface area contributed by atoms with Crippen LogP contribution in [0.3, 0.4) is 0 Å². The number of aryl methyl sites for hydroxylation is 4. The predicted octanol–water partition coefficient (Wildman–Crippen LogP) is 11.3. The summed E-state index contributed by atoms with van der Waals surface area (Å²) in [5, 5.41) is 0. The maximum absolute atomic E-state index is 2.42. The monoisotopic (exact) mass is 514 g/mol. The van der Waals surface area contributed by atoms with Gasteiger partial charge in [-0.1, -0.05) is 150 Å². The van der Waals surface area contributed by atoms with Crippen molar-refractivity contribution in [2.75, 3.05) is 0 Å². The lowest BCUT2D eigenvalue weighted by molar-refractivity contribution is 1.44. The average molecular weight is 515 g/mol. The van der Waals surface area contributed by atoms with Crippen LogP contribution in [0.25, 0.3) is 55.6 Å². The van der Waals surface area contributed by atoms with E-state index in [1.165, 1.54) is 77.9 Å². The third-order valence-electron chi connectivity index (χ3n) is 7.80. The molecule has 0 amide bonds. The van der Waals surface area contributed by atoms with Crippen molar-refractivity contribution in [3.63, 3.8) is 0 Å². The van der Waals surface area contributed by atoms with E-state index in [2.05, 4.69) is 161 Å². The first-order valence-corrected chi connectivity index (χ1v) is 14.0. The summed E-state index contributed by atoms with van der Waals surface area (Å²) in [6.45, 7) is 8.62. The highest BCUT2D eigenvalue weighted by molar-refractivity contribution is 6.07. The molecule has 0 heterocycles. The number of hydrogen-bond acceptors (Lipinski definition) is 0. The fourth-order valence-corrected chi connectivity index (χ4v) is 5.54. The highest BCUT2D eigenvalue weighted by Crippen LogP contribution is 2.50. The molecular weight excluding hydrogens is 480 g/mol. The van der Waals surface area contributed by atoms with Crippen LogP contribution in [0.5, 0.6) is 0 Å². The van der Waals surface area contributed by atoms with E-state index in [4.69, 9.17) is 0 Å². The fraction of sp³-hybridized carbons (Fsp3) is 0.100. The molecule has 0 N–H and O–H groups in total. The largest absolute Gasteiger partial charge is 0.0622 e. The maximum atomic E-state index is 2.42. The highest BCUT2D eigenvalue weighted by Gasteiger charge is 2.23. The third-order valence-corrected chi connectivity index (χ3v) is 7.80. The predicted molar refractivity (Wildman–Crippen MR) is 173 cm³/mol. The highest BCUT2D eigenvalue weighted by atomic mass is 14.3. The smallest absolute Gasteiger partial charge is 0.00143 e. The topological polar surface area (TPSA) is 0 Å². The maximum Gasteiger partial charge on any atom is -0.00143 e. The standard InChI is InChI=1S/C40H34/c1-27-10-18-32(19-11-27)37-26-36(31-8-6-5-7-9-31)38(33-20-12-28(2)13-21-33)40(35-24-16-30(4)17-25-35)39(37)34-22-14-29(3)15-23-34/h5-26H,1-4H3. The molecule has 0 aromatic heterocycles. The quantitative estimate of drug-likeness (QED) is 0.215. The van der Waals surface area contributed by atoms with Gasteiger partial charge in [0.1, 0.15) is 0 Å². The van der Waals surface area contributed by atoms with Gasteiger partial charge in [0.05, 0.1) is 0 Å². The van der Waals surface area contributed by atoms with Gasteiger partial charge in [0.25, 0.3) is 0 Å². The minimum absolute atomic E-state index is 1.22. The lowest BCUT2D eigenvalue weighted by Gasteiger charge is -2.25. The van der Waals surface area contributed by atoms with Gasteiger partial charge in [0.2, 0.25) is 0 Å². The first kappa shape index (κ1) is 25.6. The van der Waals surface area contributed by atoms with Gasteiger partial charge in [-0.15, -0.1) is 0 Å². The van der Waals surface area contributed by atoms with E-state index >= 15 is 0 Å². The normalized spacial score (nSPS) is 11.0. The van der Waals surface area contributed by atoms with Crippen molar-refractivity contribution in [1.82, 2.24) is 0 Å². The Morgan fingerprint density at radius 2 is 0.575 bits per heavy atom. The van der Waals surface area contributed by atoms with Crippen LogP contribution in [-0.4, -0.2) is 0 Å². The first-order valence-electron chi connectivity index (χ1n) is 14.0. The Morgan fingerprint density at radius 3 is 0.950 bits per heavy atom. The molecule has 0 saturated heterocycles. The second-order valence-electron chi connectivity index (χ2n) is 10.9. The average Bonchev–Trinajstić information content (AvgIpc) is 2.98. The van der Waals surface area contributed by atoms with Crippen LogP contribution < -0.4 is 0 Å². The molecule has 0 spiro atoms. The van der Waals surface area contributed by atoms with Crippen LogP contribution >= 0.6 is 0 Å². The summed E-state index contributed by atoms with van der Waals surface area (Å²) < 4.78 is 0. The van der Waals surface area contributed by atoms with Crippen molar-refractivity contribution in [1.29, 1.82) is 0 Å². The van der Waals surface area contributed by atoms with E-state index in [0.717, 1.165) is 0 Å². The summed E-state index contributed by atoms with van der Waals surface area (Å²) in [6, 6.07) is 49.3. The van der Waals surface area contributed by atoms with Gasteiger partial charge in [0, 0.05) is 0 Å². The van der Waals surface area contributed by atoms with Crippen LogP contribution in [0.1, 0.15) is 22.3 Å². The second-order valence-corrected chi connectivity index (χ2v) is 10.9. The summed E-state index contributed by atoms with van der Waals surface area (Å²) >= 11 is 0. The SMILES string of the molecule is Cc1ccc(-c2cc(-c3ccccc3)c(-c3ccc(C)cc3)c(-c3ccc(C)cc3)c2-c2ccc(C)cc2)cc1. The minimum Gasteiger partial charge on any atom is -0.0622 e. The van der Waals surface area contributed by atoms with E-state index in [0.29, 0.717) is 0 Å². The molecule has 40 heavy (non-hydrogen) atoms. The number of benzene rings is 6. The summed E-state index contributed by atoms with van der Waals surface area (Å²) in [7, 11) is 0. The Labute approximate surface area is 238 Å². The van der Waals surface area contributed by atoms with Crippen molar-refractivity contribution < 1.29 is 0 Å². The van der Waals surface area contributed by atoms with Gasteiger partial charge in [-0.2, -0.15) is 0 Å². The lowest BCUT2D eigenvalue weighted by Crippen LogP contribution is -1.98. The van der Waals surface area contributed by atoms with Crippen molar-refractivity contribution >= 4 is 0 Å². The third kappa shape index (κ3) is 5.01. The Bertz CT molecular complexity index is 1750. The van der Waals surface area contributed by atoms with Crippen LogP contribution in [0.15, 0.2) is 133 Å². The molecule has 6 aromatic rings. The second kappa shape index (κ2) is 10.8. The van der Waals surface area contributed by atoms with Crippen LogP contribution in [-0.2, 0) is 0 Å². The molecular formula is C40H34. The molecule has 0 aliphatic heterocycles. The summed E-state index contributed by atoms with van der Waals surface area (Å²) in [5.41, 5.74) is 17.5. The lowest BCUT2D eigenvalue weighted by atomic mass is 9.78. The molecule has 0 saturated carbocycles. The first-order chi connectivity index (χ1) is 19.5. The molecule has 0 bridgehead atoms. The van der Waals surface area contributed by atoms with Gasteiger partial charge in [-0.25, -0.2) is 0 Å². The minimum atomic E-state index is 1.22.